The first kappa shape index (κ1) is 44.1. The Bertz CT molecular complexity index is 1710. The number of allylic oxidation sites excluding steroid dienone is 7. The van der Waals surface area contributed by atoms with E-state index in [1.165, 1.54) is 0 Å². The van der Waals surface area contributed by atoms with Gasteiger partial charge in [-0.3, -0.25) is 9.79 Å². The van der Waals surface area contributed by atoms with Crippen molar-refractivity contribution in [2.75, 3.05) is 19.4 Å². The zero-order chi connectivity index (χ0) is 38.9. The first-order chi connectivity index (χ1) is 24.9. The van der Waals surface area contributed by atoms with Crippen LogP contribution in [0.3, 0.4) is 0 Å². The van der Waals surface area contributed by atoms with Crippen molar-refractivity contribution in [1.82, 2.24) is 21.5 Å². The quantitative estimate of drug-likeness (QED) is 0.0184. The van der Waals surface area contributed by atoms with Crippen LogP contribution in [0.25, 0.3) is 5.57 Å². The highest BCUT2D eigenvalue weighted by atomic mass is 16.1. The maximum absolute atomic E-state index is 11.6. The molecule has 52 heavy (non-hydrogen) atoms. The summed E-state index contributed by atoms with van der Waals surface area (Å²) in [6.45, 7) is 24.4. The summed E-state index contributed by atoms with van der Waals surface area (Å²) in [5, 5.41) is 9.58. The van der Waals surface area contributed by atoms with Crippen LogP contribution in [-0.2, 0) is 4.79 Å². The molecule has 1 heterocycles. The second-order valence-electron chi connectivity index (χ2n) is 11.8. The van der Waals surface area contributed by atoms with Crippen LogP contribution in [0, 0.1) is 0 Å². The number of aliphatic imine (C=N–C) groups is 1. The van der Waals surface area contributed by atoms with E-state index in [9.17, 15) is 9.59 Å². The molecular formula is C43H57N7O2. The van der Waals surface area contributed by atoms with E-state index in [-0.39, 0.29) is 11.8 Å². The minimum Gasteiger partial charge on any atom is -0.399 e. The number of carbonyl (C=O) groups is 2. The van der Waals surface area contributed by atoms with Crippen LogP contribution in [0.5, 0.6) is 0 Å². The molecule has 1 aliphatic rings. The van der Waals surface area contributed by atoms with Crippen molar-refractivity contribution in [3.8, 4) is 0 Å². The van der Waals surface area contributed by atoms with Crippen molar-refractivity contribution in [3.05, 3.63) is 157 Å². The van der Waals surface area contributed by atoms with Crippen LogP contribution in [0.15, 0.2) is 151 Å². The van der Waals surface area contributed by atoms with E-state index in [2.05, 4.69) is 72.4 Å². The lowest BCUT2D eigenvalue weighted by Crippen LogP contribution is -2.26. The van der Waals surface area contributed by atoms with Gasteiger partial charge in [-0.1, -0.05) is 62.7 Å². The molecule has 0 spiro atoms. The van der Waals surface area contributed by atoms with Gasteiger partial charge in [0.15, 0.2) is 5.78 Å². The Morgan fingerprint density at radius 1 is 1.10 bits per heavy atom. The summed E-state index contributed by atoms with van der Waals surface area (Å²) in [6.07, 6.45) is 14.2. The van der Waals surface area contributed by atoms with E-state index in [0.717, 1.165) is 82.0 Å². The van der Waals surface area contributed by atoms with Gasteiger partial charge >= 0.3 is 0 Å². The van der Waals surface area contributed by atoms with Crippen molar-refractivity contribution in [1.29, 1.82) is 0 Å². The van der Waals surface area contributed by atoms with Gasteiger partial charge in [-0.05, 0) is 82.0 Å². The van der Waals surface area contributed by atoms with Gasteiger partial charge in [0.05, 0.1) is 17.1 Å². The smallest absolute Gasteiger partial charge is 0.160 e. The Labute approximate surface area is 311 Å². The van der Waals surface area contributed by atoms with Crippen LogP contribution in [-0.4, -0.2) is 37.9 Å². The van der Waals surface area contributed by atoms with Crippen molar-refractivity contribution < 1.29 is 9.59 Å². The topological polar surface area (TPSA) is 133 Å². The van der Waals surface area contributed by atoms with Gasteiger partial charge in [0.25, 0.3) is 0 Å². The first-order valence-corrected chi connectivity index (χ1v) is 17.1. The molecule has 1 aliphatic heterocycles. The Balaban J connectivity index is 0.000000426. The summed E-state index contributed by atoms with van der Waals surface area (Å²) in [7, 11) is 3.63. The summed E-state index contributed by atoms with van der Waals surface area (Å²) in [5.74, 6) is 0.0630. The maximum atomic E-state index is 11.6. The molecule has 2 aromatic carbocycles. The van der Waals surface area contributed by atoms with Crippen molar-refractivity contribution >= 4 is 34.7 Å². The Kier molecular flexibility index (Phi) is 21.3. The third-order valence-corrected chi connectivity index (χ3v) is 7.45. The Morgan fingerprint density at radius 3 is 2.35 bits per heavy atom. The molecule has 3 rings (SSSR count). The highest BCUT2D eigenvalue weighted by Crippen LogP contribution is 2.28. The second-order valence-corrected chi connectivity index (χ2v) is 11.8. The molecule has 9 heteroatoms. The lowest BCUT2D eigenvalue weighted by molar-refractivity contribution is -0.107. The fourth-order valence-corrected chi connectivity index (χ4v) is 4.88. The standard InChI is InChI=1S/C19H23N5.C16H21NO.C8H13NO/c1-4-15(24-21-3)10-11-17-12-19(18(13-22-17)14(2)20)23-16-8-6-5-7-9-16;1-6-8-12(4)17-15-10-7-9-14(13(5)18)16(15)11(2)3;1-3-8(9-2)6-4-5-7-10/h4-11,13,21-22,24H,1-2,12,20H2,3H3;6-7,9-10,12,17H,1-2,8H2,3-5H3;7,9H,1,4-6H2,2H3/b15-10+,17-11+,23-19?;;. The average Bonchev–Trinajstić information content (AvgIpc) is 3.12. The number of Topliss-reactive ketones (excluding diaryl/α,β-unsaturated/α-hetero) is 1. The number of nitrogens with two attached hydrogens (primary N) is 1. The third-order valence-electron chi connectivity index (χ3n) is 7.45. The minimum atomic E-state index is 0.0630. The number of hydrogen-bond acceptors (Lipinski definition) is 9. The summed E-state index contributed by atoms with van der Waals surface area (Å²) in [4.78, 5) is 26.3. The summed E-state index contributed by atoms with van der Waals surface area (Å²) in [6, 6.07) is 15.8. The molecule has 1 unspecified atom stereocenters. The number of aldehydes is 1. The normalized spacial score (nSPS) is 13.9. The molecule has 0 saturated carbocycles. The van der Waals surface area contributed by atoms with Gasteiger partial charge < -0.3 is 31.9 Å². The summed E-state index contributed by atoms with van der Waals surface area (Å²) < 4.78 is 0. The van der Waals surface area contributed by atoms with Crippen LogP contribution >= 0.6 is 0 Å². The number of nitrogens with one attached hydrogen (secondary N) is 5. The largest absolute Gasteiger partial charge is 0.399 e. The SMILES string of the molecule is C=C/C(=C\C=C1/CC(=Nc2ccccc2)C(C(=C)N)=CN1)NNC.C=C=C(CCCC=O)NC.C=CCC(C)Nc1cccc(C(C)=O)c1C(=C)C. The van der Waals surface area contributed by atoms with E-state index >= 15 is 0 Å². The third kappa shape index (κ3) is 16.2. The average molecular weight is 704 g/mol. The number of hydrazine groups is 1. The second kappa shape index (κ2) is 25.1. The molecule has 0 fully saturated rings. The maximum Gasteiger partial charge on any atom is 0.160 e. The number of ketones is 1. The molecule has 276 valence electrons. The van der Waals surface area contributed by atoms with Crippen LogP contribution < -0.4 is 32.5 Å². The Hall–Kier alpha value is -5.89. The predicted octanol–water partition coefficient (Wildman–Crippen LogP) is 8.33. The highest BCUT2D eigenvalue weighted by Gasteiger charge is 2.16. The predicted molar refractivity (Wildman–Crippen MR) is 222 cm³/mol. The Morgan fingerprint density at radius 2 is 1.81 bits per heavy atom. The molecule has 7 N–H and O–H groups in total. The molecule has 0 aromatic heterocycles. The summed E-state index contributed by atoms with van der Waals surface area (Å²) in [5.41, 5.74) is 23.9. The van der Waals surface area contributed by atoms with Crippen molar-refractivity contribution in [2.24, 2.45) is 10.7 Å². The van der Waals surface area contributed by atoms with E-state index in [1.54, 1.807) is 20.0 Å². The van der Waals surface area contributed by atoms with E-state index < -0.39 is 0 Å². The lowest BCUT2D eigenvalue weighted by Gasteiger charge is -2.20. The van der Waals surface area contributed by atoms with Gasteiger partial charge in [-0.15, -0.1) is 12.3 Å². The van der Waals surface area contributed by atoms with Gasteiger partial charge in [-0.2, -0.15) is 0 Å². The molecule has 9 nitrogen and oxygen atoms in total. The van der Waals surface area contributed by atoms with Crippen molar-refractivity contribution in [3.63, 3.8) is 0 Å². The minimum absolute atomic E-state index is 0.0630. The van der Waals surface area contributed by atoms with E-state index in [0.29, 0.717) is 18.5 Å². The fourth-order valence-electron chi connectivity index (χ4n) is 4.88. The number of carbonyl (C=O) groups excluding carboxylic acids is 2. The summed E-state index contributed by atoms with van der Waals surface area (Å²) >= 11 is 0. The van der Waals surface area contributed by atoms with Crippen molar-refractivity contribution in [2.45, 2.75) is 58.9 Å². The molecule has 1 atom stereocenters. The fraction of sp³-hybridized carbons (Fsp3) is 0.256. The van der Waals surface area contributed by atoms with Gasteiger partial charge in [0.2, 0.25) is 0 Å². The number of unbranched alkanes of at least 4 members (excludes halogenated alkanes) is 1. The molecule has 0 saturated heterocycles. The van der Waals surface area contributed by atoms with Gasteiger partial charge in [0, 0.05) is 78.7 Å². The monoisotopic (exact) mass is 703 g/mol. The first-order valence-electron chi connectivity index (χ1n) is 17.1. The molecule has 2 aromatic rings. The van der Waals surface area contributed by atoms with Crippen LogP contribution in [0.4, 0.5) is 11.4 Å². The van der Waals surface area contributed by atoms with E-state index in [1.807, 2.05) is 86.9 Å². The zero-order valence-electron chi connectivity index (χ0n) is 31.6. The number of para-hydroxylation sites is 1. The molecule has 0 amide bonds. The molecular weight excluding hydrogens is 647 g/mol. The highest BCUT2D eigenvalue weighted by molar-refractivity contribution is 6.07. The van der Waals surface area contributed by atoms with E-state index in [4.69, 9.17) is 10.7 Å². The van der Waals surface area contributed by atoms with Gasteiger partial charge in [0.1, 0.15) is 6.29 Å². The molecule has 0 radical (unpaired) electrons. The van der Waals surface area contributed by atoms with Crippen LogP contribution in [0.2, 0.25) is 0 Å². The zero-order valence-corrected chi connectivity index (χ0v) is 31.6. The lowest BCUT2D eigenvalue weighted by atomic mass is 9.97. The number of benzene rings is 2. The number of anilines is 1. The van der Waals surface area contributed by atoms with Crippen LogP contribution in [0.1, 0.15) is 68.8 Å². The molecule has 0 aliphatic carbocycles. The number of hydrogen-bond donors (Lipinski definition) is 6. The van der Waals surface area contributed by atoms with Gasteiger partial charge in [-0.25, -0.2) is 5.43 Å². The number of nitrogens with zero attached hydrogens (tertiary/aromatic N) is 1. The number of rotatable bonds is 17. The molecule has 0 bridgehead atoms.